The minimum atomic E-state index is -0.114. The van der Waals surface area contributed by atoms with Crippen LogP contribution in [0.15, 0.2) is 61.3 Å². The number of carbonyl (C=O) groups excluding carboxylic acids is 1. The molecule has 3 aromatic rings. The quantitative estimate of drug-likeness (QED) is 0.674. The highest BCUT2D eigenvalue weighted by Gasteiger charge is 2.11. The van der Waals surface area contributed by atoms with E-state index in [2.05, 4.69) is 20.4 Å². The SMILES string of the molecule is CC(NC(=O)CCn1cncn1)c1cccc(OCc2ccccn2)c1. The number of hydrogen-bond donors (Lipinski definition) is 1. The molecule has 0 aliphatic heterocycles. The lowest BCUT2D eigenvalue weighted by atomic mass is 10.1. The largest absolute Gasteiger partial charge is 0.487 e. The average molecular weight is 351 g/mol. The van der Waals surface area contributed by atoms with Crippen LogP contribution in [0.2, 0.25) is 0 Å². The summed E-state index contributed by atoms with van der Waals surface area (Å²) >= 11 is 0. The first-order chi connectivity index (χ1) is 12.7. The molecular weight excluding hydrogens is 330 g/mol. The van der Waals surface area contributed by atoms with Crippen LogP contribution in [0, 0.1) is 0 Å². The van der Waals surface area contributed by atoms with Crippen LogP contribution in [-0.2, 0) is 17.9 Å². The molecular formula is C19H21N5O2. The van der Waals surface area contributed by atoms with Gasteiger partial charge >= 0.3 is 0 Å². The number of pyridine rings is 1. The Morgan fingerprint density at radius 3 is 2.96 bits per heavy atom. The number of nitrogens with one attached hydrogen (secondary N) is 1. The molecule has 2 heterocycles. The molecule has 1 N–H and O–H groups in total. The molecule has 0 saturated carbocycles. The molecule has 0 spiro atoms. The number of ether oxygens (including phenoxy) is 1. The van der Waals surface area contributed by atoms with Crippen molar-refractivity contribution in [2.75, 3.05) is 0 Å². The molecule has 1 unspecified atom stereocenters. The Hall–Kier alpha value is -3.22. The molecule has 0 fully saturated rings. The van der Waals surface area contributed by atoms with Crippen molar-refractivity contribution < 1.29 is 9.53 Å². The second-order valence-electron chi connectivity index (χ2n) is 5.88. The first kappa shape index (κ1) is 17.6. The van der Waals surface area contributed by atoms with Gasteiger partial charge < -0.3 is 10.1 Å². The fourth-order valence-corrected chi connectivity index (χ4v) is 2.48. The van der Waals surface area contributed by atoms with Crippen molar-refractivity contribution in [2.24, 2.45) is 0 Å². The number of rotatable bonds is 8. The van der Waals surface area contributed by atoms with Gasteiger partial charge in [0, 0.05) is 12.6 Å². The molecule has 3 rings (SSSR count). The number of aryl methyl sites for hydroxylation is 1. The smallest absolute Gasteiger partial charge is 0.222 e. The van der Waals surface area contributed by atoms with Gasteiger partial charge in [-0.3, -0.25) is 14.5 Å². The summed E-state index contributed by atoms with van der Waals surface area (Å²) in [5, 5.41) is 6.98. The van der Waals surface area contributed by atoms with Crippen LogP contribution in [-0.4, -0.2) is 25.7 Å². The fraction of sp³-hybridized carbons (Fsp3) is 0.263. The molecule has 1 atom stereocenters. The van der Waals surface area contributed by atoms with Gasteiger partial charge in [-0.2, -0.15) is 5.10 Å². The maximum Gasteiger partial charge on any atom is 0.222 e. The first-order valence-corrected chi connectivity index (χ1v) is 8.45. The molecule has 7 nitrogen and oxygen atoms in total. The third-order valence-corrected chi connectivity index (χ3v) is 3.88. The molecule has 0 radical (unpaired) electrons. The van der Waals surface area contributed by atoms with Crippen LogP contribution in [0.5, 0.6) is 5.75 Å². The Morgan fingerprint density at radius 2 is 2.19 bits per heavy atom. The van der Waals surface area contributed by atoms with Gasteiger partial charge in [0.1, 0.15) is 25.0 Å². The number of benzene rings is 1. The summed E-state index contributed by atoms with van der Waals surface area (Å²) in [4.78, 5) is 20.2. The third kappa shape index (κ3) is 5.14. The van der Waals surface area contributed by atoms with Crippen LogP contribution in [0.3, 0.4) is 0 Å². The average Bonchev–Trinajstić information content (AvgIpc) is 3.19. The van der Waals surface area contributed by atoms with E-state index >= 15 is 0 Å². The predicted octanol–water partition coefficient (Wildman–Crippen LogP) is 2.52. The Morgan fingerprint density at radius 1 is 1.27 bits per heavy atom. The van der Waals surface area contributed by atoms with Gasteiger partial charge in [-0.05, 0) is 36.8 Å². The molecule has 1 aromatic carbocycles. The van der Waals surface area contributed by atoms with Crippen molar-refractivity contribution in [1.82, 2.24) is 25.1 Å². The fourth-order valence-electron chi connectivity index (χ4n) is 2.48. The van der Waals surface area contributed by atoms with E-state index < -0.39 is 0 Å². The zero-order valence-electron chi connectivity index (χ0n) is 14.6. The van der Waals surface area contributed by atoms with Crippen LogP contribution in [0.25, 0.3) is 0 Å². The summed E-state index contributed by atoms with van der Waals surface area (Å²) in [6.45, 7) is 2.86. The highest BCUT2D eigenvalue weighted by atomic mass is 16.5. The van der Waals surface area contributed by atoms with E-state index in [9.17, 15) is 4.79 Å². The number of hydrogen-bond acceptors (Lipinski definition) is 5. The Labute approximate surface area is 152 Å². The van der Waals surface area contributed by atoms with Gasteiger partial charge in [-0.15, -0.1) is 0 Å². The van der Waals surface area contributed by atoms with Gasteiger partial charge in [0.2, 0.25) is 5.91 Å². The van der Waals surface area contributed by atoms with E-state index in [-0.39, 0.29) is 11.9 Å². The van der Waals surface area contributed by atoms with Gasteiger partial charge in [0.15, 0.2) is 0 Å². The second-order valence-corrected chi connectivity index (χ2v) is 5.88. The maximum absolute atomic E-state index is 12.1. The predicted molar refractivity (Wildman–Crippen MR) is 96.2 cm³/mol. The number of aromatic nitrogens is 4. The van der Waals surface area contributed by atoms with Crippen molar-refractivity contribution in [3.63, 3.8) is 0 Å². The summed E-state index contributed by atoms with van der Waals surface area (Å²) in [5.74, 6) is 0.713. The van der Waals surface area contributed by atoms with Crippen molar-refractivity contribution >= 4 is 5.91 Å². The van der Waals surface area contributed by atoms with E-state index in [1.807, 2.05) is 49.4 Å². The first-order valence-electron chi connectivity index (χ1n) is 8.45. The molecule has 134 valence electrons. The van der Waals surface area contributed by atoms with Crippen molar-refractivity contribution in [2.45, 2.75) is 32.5 Å². The van der Waals surface area contributed by atoms with Gasteiger partial charge in [-0.25, -0.2) is 4.98 Å². The second kappa shape index (κ2) is 8.75. The molecule has 2 aromatic heterocycles. The topological polar surface area (TPSA) is 81.9 Å². The molecule has 1 amide bonds. The van der Waals surface area contributed by atoms with E-state index in [0.29, 0.717) is 19.6 Å². The molecule has 26 heavy (non-hydrogen) atoms. The van der Waals surface area contributed by atoms with Crippen LogP contribution >= 0.6 is 0 Å². The zero-order chi connectivity index (χ0) is 18.2. The van der Waals surface area contributed by atoms with Crippen LogP contribution < -0.4 is 10.1 Å². The maximum atomic E-state index is 12.1. The molecule has 7 heteroatoms. The number of amides is 1. The van der Waals surface area contributed by atoms with Crippen LogP contribution in [0.1, 0.15) is 30.6 Å². The monoisotopic (exact) mass is 351 g/mol. The van der Waals surface area contributed by atoms with Crippen LogP contribution in [0.4, 0.5) is 0 Å². The van der Waals surface area contributed by atoms with E-state index in [0.717, 1.165) is 17.0 Å². The third-order valence-electron chi connectivity index (χ3n) is 3.88. The minimum absolute atomic E-state index is 0.0344. The highest BCUT2D eigenvalue weighted by molar-refractivity contribution is 5.76. The van der Waals surface area contributed by atoms with Crippen molar-refractivity contribution in [3.8, 4) is 5.75 Å². The molecule has 0 aliphatic carbocycles. The lowest BCUT2D eigenvalue weighted by molar-refractivity contribution is -0.122. The molecule has 0 saturated heterocycles. The summed E-state index contributed by atoms with van der Waals surface area (Å²) in [6.07, 6.45) is 5.14. The summed E-state index contributed by atoms with van der Waals surface area (Å²) in [6, 6.07) is 13.3. The number of nitrogens with zero attached hydrogens (tertiary/aromatic N) is 4. The Balaban J connectivity index is 1.52. The summed E-state index contributed by atoms with van der Waals surface area (Å²) in [7, 11) is 0. The molecule has 0 bridgehead atoms. The standard InChI is InChI=1S/C19H21N5O2/c1-15(23-19(25)8-10-24-14-20-13-22-24)16-5-4-7-18(11-16)26-12-17-6-2-3-9-21-17/h2-7,9,11,13-15H,8,10,12H2,1H3,(H,23,25). The zero-order valence-corrected chi connectivity index (χ0v) is 14.6. The molecule has 0 aliphatic rings. The highest BCUT2D eigenvalue weighted by Crippen LogP contribution is 2.20. The van der Waals surface area contributed by atoms with Gasteiger partial charge in [0.25, 0.3) is 0 Å². The minimum Gasteiger partial charge on any atom is -0.487 e. The van der Waals surface area contributed by atoms with Crippen molar-refractivity contribution in [3.05, 3.63) is 72.6 Å². The normalized spacial score (nSPS) is 11.7. The lowest BCUT2D eigenvalue weighted by Gasteiger charge is -2.15. The summed E-state index contributed by atoms with van der Waals surface area (Å²) < 4.78 is 7.43. The van der Waals surface area contributed by atoms with Crippen molar-refractivity contribution in [1.29, 1.82) is 0 Å². The van der Waals surface area contributed by atoms with E-state index in [4.69, 9.17) is 4.74 Å². The summed E-state index contributed by atoms with van der Waals surface area (Å²) in [5.41, 5.74) is 1.85. The number of carbonyl (C=O) groups is 1. The van der Waals surface area contributed by atoms with Gasteiger partial charge in [-0.1, -0.05) is 18.2 Å². The lowest BCUT2D eigenvalue weighted by Crippen LogP contribution is -2.27. The van der Waals surface area contributed by atoms with E-state index in [1.165, 1.54) is 6.33 Å². The Bertz CT molecular complexity index is 821. The Kier molecular flexibility index (Phi) is 5.92. The van der Waals surface area contributed by atoms with Gasteiger partial charge in [0.05, 0.1) is 18.3 Å². The van der Waals surface area contributed by atoms with E-state index in [1.54, 1.807) is 17.2 Å².